The van der Waals surface area contributed by atoms with Crippen molar-refractivity contribution in [1.29, 1.82) is 0 Å². The summed E-state index contributed by atoms with van der Waals surface area (Å²) in [6, 6.07) is 9.16. The van der Waals surface area contributed by atoms with Gasteiger partial charge in [-0.1, -0.05) is 0 Å². The Morgan fingerprint density at radius 2 is 1.94 bits per heavy atom. The first-order chi connectivity index (χ1) is 7.66. The summed E-state index contributed by atoms with van der Waals surface area (Å²) in [7, 11) is 0. The molecule has 82 valence electrons. The quantitative estimate of drug-likeness (QED) is 0.706. The summed E-state index contributed by atoms with van der Waals surface area (Å²) in [5.74, 6) is 0. The highest BCUT2D eigenvalue weighted by molar-refractivity contribution is 5.67. The van der Waals surface area contributed by atoms with Gasteiger partial charge < -0.3 is 9.88 Å². The summed E-state index contributed by atoms with van der Waals surface area (Å²) in [5.41, 5.74) is 6.51. The zero-order chi connectivity index (χ0) is 11.3. The van der Waals surface area contributed by atoms with E-state index in [1.807, 2.05) is 0 Å². The van der Waals surface area contributed by atoms with E-state index >= 15 is 0 Å². The lowest BCUT2D eigenvalue weighted by Crippen LogP contribution is -2.18. The third-order valence-electron chi connectivity index (χ3n) is 3.47. The van der Waals surface area contributed by atoms with Crippen LogP contribution in [0, 0.1) is 13.8 Å². The number of rotatable bonds is 0. The van der Waals surface area contributed by atoms with Crippen LogP contribution in [0.5, 0.6) is 0 Å². The highest BCUT2D eigenvalue weighted by Gasteiger charge is 2.20. The van der Waals surface area contributed by atoms with E-state index in [2.05, 4.69) is 61.1 Å². The van der Waals surface area contributed by atoms with Crippen molar-refractivity contribution in [2.75, 3.05) is 5.32 Å². The maximum absolute atomic E-state index is 3.55. The number of hydrogen-bond donors (Lipinski definition) is 1. The molecule has 1 aromatic heterocycles. The van der Waals surface area contributed by atoms with Crippen LogP contribution in [0.4, 0.5) is 5.69 Å². The minimum Gasteiger partial charge on any atom is -0.375 e. The monoisotopic (exact) mass is 212 g/mol. The van der Waals surface area contributed by atoms with Gasteiger partial charge in [-0.3, -0.25) is 0 Å². The smallest absolute Gasteiger partial charge is 0.0688 e. The fourth-order valence-electron chi connectivity index (χ4n) is 2.39. The van der Waals surface area contributed by atoms with Gasteiger partial charge in [0.25, 0.3) is 0 Å². The van der Waals surface area contributed by atoms with Gasteiger partial charge in [-0.25, -0.2) is 0 Å². The van der Waals surface area contributed by atoms with Crippen LogP contribution in [-0.2, 0) is 0 Å². The Hall–Kier alpha value is -1.70. The normalized spacial score (nSPS) is 17.6. The second-order valence-electron chi connectivity index (χ2n) is 4.62. The van der Waals surface area contributed by atoms with E-state index in [4.69, 9.17) is 0 Å². The maximum Gasteiger partial charge on any atom is 0.0688 e. The Kier molecular flexibility index (Phi) is 1.87. The predicted molar refractivity (Wildman–Crippen MR) is 67.3 cm³/mol. The van der Waals surface area contributed by atoms with E-state index in [0.29, 0.717) is 6.04 Å². The van der Waals surface area contributed by atoms with Crippen molar-refractivity contribution < 1.29 is 0 Å². The molecule has 2 nitrogen and oxygen atoms in total. The van der Waals surface area contributed by atoms with Crippen molar-refractivity contribution >= 4 is 5.69 Å². The molecule has 0 fully saturated rings. The van der Waals surface area contributed by atoms with Gasteiger partial charge in [0.05, 0.1) is 17.4 Å². The lowest BCUT2D eigenvalue weighted by atomic mass is 10.0. The summed E-state index contributed by atoms with van der Waals surface area (Å²) in [5, 5.41) is 3.55. The molecule has 2 heteroatoms. The van der Waals surface area contributed by atoms with Crippen molar-refractivity contribution in [2.24, 2.45) is 0 Å². The van der Waals surface area contributed by atoms with E-state index in [1.165, 1.54) is 28.2 Å². The summed E-state index contributed by atoms with van der Waals surface area (Å²) in [4.78, 5) is 0. The molecule has 2 aromatic rings. The molecule has 0 radical (unpaired) electrons. The minimum absolute atomic E-state index is 0.379. The lowest BCUT2D eigenvalue weighted by Gasteiger charge is -2.27. The number of nitrogens with one attached hydrogen (secondary N) is 1. The molecule has 0 spiro atoms. The number of benzene rings is 1. The zero-order valence-electron chi connectivity index (χ0n) is 9.91. The van der Waals surface area contributed by atoms with Gasteiger partial charge in [0.15, 0.2) is 0 Å². The number of nitrogens with zero attached hydrogens (tertiary/aromatic N) is 1. The molecule has 1 aliphatic rings. The summed E-state index contributed by atoms with van der Waals surface area (Å²) in [6.45, 7) is 6.52. The molecule has 0 saturated carbocycles. The number of aryl methyl sites for hydroxylation is 2. The van der Waals surface area contributed by atoms with Crippen LogP contribution in [-0.4, -0.2) is 4.57 Å². The van der Waals surface area contributed by atoms with Crippen LogP contribution >= 0.6 is 0 Å². The molecular formula is C14H16N2. The molecule has 1 atom stereocenters. The average molecular weight is 212 g/mol. The molecule has 0 aliphatic carbocycles. The molecular weight excluding hydrogens is 196 g/mol. The fourth-order valence-corrected chi connectivity index (χ4v) is 2.39. The van der Waals surface area contributed by atoms with Gasteiger partial charge >= 0.3 is 0 Å². The van der Waals surface area contributed by atoms with Gasteiger partial charge in [0, 0.05) is 11.9 Å². The number of anilines is 1. The molecule has 2 heterocycles. The van der Waals surface area contributed by atoms with Crippen LogP contribution in [0.15, 0.2) is 30.5 Å². The van der Waals surface area contributed by atoms with Crippen LogP contribution in [0.25, 0.3) is 5.69 Å². The van der Waals surface area contributed by atoms with Gasteiger partial charge in [0.2, 0.25) is 0 Å². The SMILES string of the molecule is Cc1cc2c(cc1C)-n1cccc1C(C)N2. The second-order valence-corrected chi connectivity index (χ2v) is 4.62. The van der Waals surface area contributed by atoms with E-state index < -0.39 is 0 Å². The van der Waals surface area contributed by atoms with Crippen LogP contribution < -0.4 is 5.32 Å². The summed E-state index contributed by atoms with van der Waals surface area (Å²) >= 11 is 0. The Morgan fingerprint density at radius 1 is 1.19 bits per heavy atom. The van der Waals surface area contributed by atoms with Crippen molar-refractivity contribution in [3.8, 4) is 5.69 Å². The van der Waals surface area contributed by atoms with Crippen molar-refractivity contribution in [3.05, 3.63) is 47.3 Å². The Balaban J connectivity index is 2.28. The van der Waals surface area contributed by atoms with E-state index in [9.17, 15) is 0 Å². The largest absolute Gasteiger partial charge is 0.375 e. The molecule has 1 N–H and O–H groups in total. The van der Waals surface area contributed by atoms with Gasteiger partial charge in [0.1, 0.15) is 0 Å². The first-order valence-corrected chi connectivity index (χ1v) is 5.72. The maximum atomic E-state index is 3.55. The molecule has 0 saturated heterocycles. The van der Waals surface area contributed by atoms with E-state index in [1.54, 1.807) is 0 Å². The van der Waals surface area contributed by atoms with Crippen molar-refractivity contribution in [2.45, 2.75) is 26.8 Å². The molecule has 1 aliphatic heterocycles. The summed E-state index contributed by atoms with van der Waals surface area (Å²) < 4.78 is 2.28. The Morgan fingerprint density at radius 3 is 2.75 bits per heavy atom. The highest BCUT2D eigenvalue weighted by Crippen LogP contribution is 2.34. The first kappa shape index (κ1) is 9.52. The number of hydrogen-bond acceptors (Lipinski definition) is 1. The van der Waals surface area contributed by atoms with Crippen molar-refractivity contribution in [3.63, 3.8) is 0 Å². The third-order valence-corrected chi connectivity index (χ3v) is 3.47. The lowest BCUT2D eigenvalue weighted by molar-refractivity contribution is 0.773. The molecule has 0 bridgehead atoms. The van der Waals surface area contributed by atoms with Crippen LogP contribution in [0.2, 0.25) is 0 Å². The zero-order valence-corrected chi connectivity index (χ0v) is 9.91. The molecule has 16 heavy (non-hydrogen) atoms. The third kappa shape index (κ3) is 1.19. The standard InChI is InChI=1S/C14H16N2/c1-9-7-12-14(8-10(9)2)16-6-4-5-13(16)11(3)15-12/h4-8,11,15H,1-3H3. The Bertz CT molecular complexity index is 552. The van der Waals surface area contributed by atoms with Crippen LogP contribution in [0.3, 0.4) is 0 Å². The Labute approximate surface area is 95.9 Å². The van der Waals surface area contributed by atoms with Crippen molar-refractivity contribution in [1.82, 2.24) is 4.57 Å². The van der Waals surface area contributed by atoms with Gasteiger partial charge in [-0.15, -0.1) is 0 Å². The summed E-state index contributed by atoms with van der Waals surface area (Å²) in [6.07, 6.45) is 2.14. The van der Waals surface area contributed by atoms with E-state index in [-0.39, 0.29) is 0 Å². The molecule has 1 unspecified atom stereocenters. The second kappa shape index (κ2) is 3.14. The molecule has 3 rings (SSSR count). The predicted octanol–water partition coefficient (Wildman–Crippen LogP) is 3.58. The fraction of sp³-hybridized carbons (Fsp3) is 0.286. The number of fused-ring (bicyclic) bond motifs is 3. The topological polar surface area (TPSA) is 17.0 Å². The van der Waals surface area contributed by atoms with E-state index in [0.717, 1.165) is 0 Å². The molecule has 1 aromatic carbocycles. The first-order valence-electron chi connectivity index (χ1n) is 5.72. The van der Waals surface area contributed by atoms with Crippen LogP contribution in [0.1, 0.15) is 29.8 Å². The minimum atomic E-state index is 0.379. The van der Waals surface area contributed by atoms with Gasteiger partial charge in [-0.2, -0.15) is 0 Å². The molecule has 0 amide bonds. The van der Waals surface area contributed by atoms with Gasteiger partial charge in [-0.05, 0) is 56.2 Å². The average Bonchev–Trinajstić information content (AvgIpc) is 2.71. The number of aromatic nitrogens is 1. The highest BCUT2D eigenvalue weighted by atomic mass is 15.1.